The van der Waals surface area contributed by atoms with Gasteiger partial charge in [-0.1, -0.05) is 18.2 Å². The number of nitrogens with two attached hydrogens (primary N) is 2. The van der Waals surface area contributed by atoms with E-state index in [1.54, 1.807) is 6.20 Å². The number of carbonyl (C=O) groups is 3. The van der Waals surface area contributed by atoms with Crippen molar-refractivity contribution in [1.29, 1.82) is 0 Å². The van der Waals surface area contributed by atoms with Crippen molar-refractivity contribution in [2.75, 3.05) is 6.54 Å². The van der Waals surface area contributed by atoms with E-state index < -0.39 is 35.9 Å². The number of benzene rings is 1. The van der Waals surface area contributed by atoms with Crippen LogP contribution in [-0.4, -0.2) is 52.5 Å². The standard InChI is InChI=1S/C24H31N5O4S/c25-9-4-3-7-20(28-22(30)18(26)11-15-8-10-34-14-15)23(31)29-21(24(32)33)12-16-13-27-19-6-2-1-5-17(16)19/h1-2,5-6,8,10,13-14,18,20-21,27H,3-4,7,9,11-12,25-26H2,(H,28,30)(H,29,31)(H,32,33)/t18-,20-,21-/m0/s1. The quantitative estimate of drug-likeness (QED) is 0.201. The van der Waals surface area contributed by atoms with Gasteiger partial charge in [0.1, 0.15) is 12.1 Å². The molecule has 3 aromatic rings. The van der Waals surface area contributed by atoms with Gasteiger partial charge < -0.3 is 32.2 Å². The minimum Gasteiger partial charge on any atom is -0.480 e. The highest BCUT2D eigenvalue weighted by atomic mass is 32.1. The molecule has 1 aromatic carbocycles. The van der Waals surface area contributed by atoms with Crippen LogP contribution in [0, 0.1) is 0 Å². The number of hydrogen-bond donors (Lipinski definition) is 6. The first-order valence-corrected chi connectivity index (χ1v) is 12.2. The first-order chi connectivity index (χ1) is 16.4. The highest BCUT2D eigenvalue weighted by Crippen LogP contribution is 2.19. The smallest absolute Gasteiger partial charge is 0.326 e. The molecule has 0 bridgehead atoms. The first kappa shape index (κ1) is 25.4. The Morgan fingerprint density at radius 2 is 1.79 bits per heavy atom. The summed E-state index contributed by atoms with van der Waals surface area (Å²) in [7, 11) is 0. The van der Waals surface area contributed by atoms with Crippen LogP contribution in [0.3, 0.4) is 0 Å². The van der Waals surface area contributed by atoms with E-state index in [2.05, 4.69) is 15.6 Å². The van der Waals surface area contributed by atoms with Gasteiger partial charge in [-0.25, -0.2) is 4.79 Å². The Bertz CT molecular complexity index is 1100. The Kier molecular flexibility index (Phi) is 9.20. The summed E-state index contributed by atoms with van der Waals surface area (Å²) in [5, 5.41) is 19.8. The molecule has 10 heteroatoms. The second-order valence-corrected chi connectivity index (χ2v) is 9.03. The maximum absolute atomic E-state index is 13.1. The maximum atomic E-state index is 13.1. The van der Waals surface area contributed by atoms with E-state index in [-0.39, 0.29) is 6.42 Å². The van der Waals surface area contributed by atoms with Crippen LogP contribution in [0.2, 0.25) is 0 Å². The number of unbranched alkanes of at least 4 members (excludes halogenated alkanes) is 1. The molecular formula is C24H31N5O4S. The van der Waals surface area contributed by atoms with E-state index in [0.29, 0.717) is 32.2 Å². The van der Waals surface area contributed by atoms with E-state index in [4.69, 9.17) is 11.5 Å². The first-order valence-electron chi connectivity index (χ1n) is 11.2. The van der Waals surface area contributed by atoms with Crippen molar-refractivity contribution in [3.8, 4) is 0 Å². The largest absolute Gasteiger partial charge is 0.480 e. The normalized spacial score (nSPS) is 13.8. The van der Waals surface area contributed by atoms with Crippen LogP contribution in [0.4, 0.5) is 0 Å². The molecule has 0 unspecified atom stereocenters. The third-order valence-corrected chi connectivity index (χ3v) is 6.40. The molecule has 0 fully saturated rings. The number of aliphatic carboxylic acids is 1. The van der Waals surface area contributed by atoms with Gasteiger partial charge in [0.15, 0.2) is 0 Å². The van der Waals surface area contributed by atoms with Crippen LogP contribution in [0.15, 0.2) is 47.3 Å². The third kappa shape index (κ3) is 6.89. The lowest BCUT2D eigenvalue weighted by Crippen LogP contribution is -2.55. The summed E-state index contributed by atoms with van der Waals surface area (Å²) in [4.78, 5) is 40.8. The molecule has 8 N–H and O–H groups in total. The lowest BCUT2D eigenvalue weighted by Gasteiger charge is -2.23. The van der Waals surface area contributed by atoms with Gasteiger partial charge in [0, 0.05) is 23.5 Å². The molecule has 0 radical (unpaired) electrons. The fraction of sp³-hybridized carbons (Fsp3) is 0.375. The molecule has 3 atom stereocenters. The number of nitrogens with one attached hydrogen (secondary N) is 3. The summed E-state index contributed by atoms with van der Waals surface area (Å²) in [6.07, 6.45) is 3.82. The second-order valence-electron chi connectivity index (χ2n) is 8.25. The monoisotopic (exact) mass is 485 g/mol. The number of thiophene rings is 1. The average molecular weight is 486 g/mol. The van der Waals surface area contributed by atoms with Crippen LogP contribution in [0.1, 0.15) is 30.4 Å². The van der Waals surface area contributed by atoms with Gasteiger partial charge >= 0.3 is 5.97 Å². The number of fused-ring (bicyclic) bond motifs is 1. The van der Waals surface area contributed by atoms with Gasteiger partial charge in [0.25, 0.3) is 0 Å². The minimum absolute atomic E-state index is 0.103. The number of hydrogen-bond acceptors (Lipinski definition) is 6. The zero-order valence-electron chi connectivity index (χ0n) is 18.8. The third-order valence-electron chi connectivity index (χ3n) is 5.67. The van der Waals surface area contributed by atoms with Crippen molar-refractivity contribution < 1.29 is 19.5 Å². The fourth-order valence-corrected chi connectivity index (χ4v) is 4.47. The van der Waals surface area contributed by atoms with Crippen molar-refractivity contribution in [3.05, 3.63) is 58.4 Å². The summed E-state index contributed by atoms with van der Waals surface area (Å²) in [6, 6.07) is 6.57. The molecule has 0 aliphatic heterocycles. The van der Waals surface area contributed by atoms with Crippen molar-refractivity contribution in [2.45, 2.75) is 50.2 Å². The Morgan fingerprint density at radius 1 is 1.03 bits per heavy atom. The zero-order valence-corrected chi connectivity index (χ0v) is 19.6. The van der Waals surface area contributed by atoms with Gasteiger partial charge in [0.2, 0.25) is 11.8 Å². The predicted octanol–water partition coefficient (Wildman–Crippen LogP) is 1.53. The van der Waals surface area contributed by atoms with Crippen LogP contribution in [-0.2, 0) is 27.2 Å². The molecule has 0 saturated carbocycles. The number of carbonyl (C=O) groups excluding carboxylic acids is 2. The molecule has 182 valence electrons. The zero-order chi connectivity index (χ0) is 24.5. The number of carboxylic acid groups (broad SMARTS) is 1. The van der Waals surface area contributed by atoms with Gasteiger partial charge in [-0.05, 0) is 66.2 Å². The highest BCUT2D eigenvalue weighted by molar-refractivity contribution is 7.07. The molecule has 0 saturated heterocycles. The molecule has 3 rings (SSSR count). The lowest BCUT2D eigenvalue weighted by molar-refractivity contribution is -0.142. The van der Waals surface area contributed by atoms with Gasteiger partial charge in [-0.2, -0.15) is 11.3 Å². The molecule has 0 spiro atoms. The number of H-pyrrole nitrogens is 1. The van der Waals surface area contributed by atoms with E-state index in [1.807, 2.05) is 41.1 Å². The Hall–Kier alpha value is -3.21. The Morgan fingerprint density at radius 3 is 2.50 bits per heavy atom. The topological polar surface area (TPSA) is 163 Å². The summed E-state index contributed by atoms with van der Waals surface area (Å²) in [5.74, 6) is -2.16. The number of carboxylic acids is 1. The van der Waals surface area contributed by atoms with E-state index >= 15 is 0 Å². The van der Waals surface area contributed by atoms with Crippen LogP contribution < -0.4 is 22.1 Å². The van der Waals surface area contributed by atoms with Gasteiger partial charge in [-0.3, -0.25) is 9.59 Å². The fourth-order valence-electron chi connectivity index (χ4n) is 3.79. The van der Waals surface area contributed by atoms with E-state index in [0.717, 1.165) is 22.0 Å². The molecule has 0 aliphatic carbocycles. The predicted molar refractivity (Wildman–Crippen MR) is 132 cm³/mol. The molecule has 0 aliphatic rings. The van der Waals surface area contributed by atoms with E-state index in [9.17, 15) is 19.5 Å². The van der Waals surface area contributed by atoms with Crippen molar-refractivity contribution >= 4 is 40.0 Å². The van der Waals surface area contributed by atoms with Crippen molar-refractivity contribution in [3.63, 3.8) is 0 Å². The Labute approximate surface area is 201 Å². The summed E-state index contributed by atoms with van der Waals surface area (Å²) < 4.78 is 0. The van der Waals surface area contributed by atoms with Gasteiger partial charge in [-0.15, -0.1) is 0 Å². The Balaban J connectivity index is 1.67. The molecule has 2 aromatic heterocycles. The van der Waals surface area contributed by atoms with Gasteiger partial charge in [0.05, 0.1) is 6.04 Å². The summed E-state index contributed by atoms with van der Waals surface area (Å²) in [6.45, 7) is 0.457. The number of para-hydroxylation sites is 1. The van der Waals surface area contributed by atoms with Crippen molar-refractivity contribution in [2.24, 2.45) is 11.5 Å². The number of amides is 2. The molecular weight excluding hydrogens is 454 g/mol. The van der Waals surface area contributed by atoms with E-state index in [1.165, 1.54) is 11.3 Å². The molecule has 2 heterocycles. The number of aromatic nitrogens is 1. The number of aromatic amines is 1. The van der Waals surface area contributed by atoms with Crippen LogP contribution >= 0.6 is 11.3 Å². The molecule has 34 heavy (non-hydrogen) atoms. The lowest BCUT2D eigenvalue weighted by atomic mass is 10.0. The van der Waals surface area contributed by atoms with Crippen LogP contribution in [0.5, 0.6) is 0 Å². The molecule has 2 amide bonds. The minimum atomic E-state index is -1.15. The second kappa shape index (κ2) is 12.3. The highest BCUT2D eigenvalue weighted by Gasteiger charge is 2.28. The average Bonchev–Trinajstić information content (AvgIpc) is 3.48. The van der Waals surface area contributed by atoms with Crippen LogP contribution in [0.25, 0.3) is 10.9 Å². The molecule has 9 nitrogen and oxygen atoms in total. The SMILES string of the molecule is NCCCC[C@H](NC(=O)[C@@H](N)Cc1ccsc1)C(=O)N[C@@H](Cc1c[nH]c2ccccc12)C(=O)O. The summed E-state index contributed by atoms with van der Waals surface area (Å²) >= 11 is 1.52. The van der Waals surface area contributed by atoms with Crippen molar-refractivity contribution in [1.82, 2.24) is 15.6 Å². The maximum Gasteiger partial charge on any atom is 0.326 e. The number of rotatable bonds is 13. The summed E-state index contributed by atoms with van der Waals surface area (Å²) in [5.41, 5.74) is 14.2.